The van der Waals surface area contributed by atoms with Crippen LogP contribution in [-0.2, 0) is 0 Å². The fourth-order valence-electron chi connectivity index (χ4n) is 4.16. The summed E-state index contributed by atoms with van der Waals surface area (Å²) in [6, 6.07) is 0. The summed E-state index contributed by atoms with van der Waals surface area (Å²) in [6.45, 7) is 4.84. The van der Waals surface area contributed by atoms with Crippen LogP contribution in [0.2, 0.25) is 0 Å². The smallest absolute Gasteiger partial charge is 0.0357 e. The monoisotopic (exact) mass is 194 g/mol. The van der Waals surface area contributed by atoms with Crippen LogP contribution in [0.1, 0.15) is 65.2 Å². The molecule has 4 atom stereocenters. The Bertz CT molecular complexity index is 173. The highest BCUT2D eigenvalue weighted by molar-refractivity contribution is 4.87. The first-order valence-electron chi connectivity index (χ1n) is 6.81. The molecule has 4 unspecified atom stereocenters. The van der Waals surface area contributed by atoms with Gasteiger partial charge in [0.2, 0.25) is 0 Å². The van der Waals surface area contributed by atoms with Gasteiger partial charge in [-0.05, 0) is 42.9 Å². The van der Waals surface area contributed by atoms with E-state index in [4.69, 9.17) is 0 Å². The Hall–Kier alpha value is 0. The standard InChI is InChI=1S/C14H26/c1-3-6-12-9-11(2)10-13-7-4-5-8-14(12)13/h11-14H,3-10H2,1-2H3. The SMILES string of the molecule is CCCC1CC(C)CC2CCCCC12. The Morgan fingerprint density at radius 3 is 2.64 bits per heavy atom. The molecule has 0 aromatic carbocycles. The topological polar surface area (TPSA) is 0 Å². The fraction of sp³-hybridized carbons (Fsp3) is 1.00. The number of fused-ring (bicyclic) bond motifs is 1. The van der Waals surface area contributed by atoms with Crippen molar-refractivity contribution in [3.63, 3.8) is 0 Å². The highest BCUT2D eigenvalue weighted by Gasteiger charge is 2.36. The Morgan fingerprint density at radius 2 is 1.86 bits per heavy atom. The first-order valence-corrected chi connectivity index (χ1v) is 6.81. The van der Waals surface area contributed by atoms with Crippen LogP contribution in [0, 0.1) is 23.7 Å². The highest BCUT2D eigenvalue weighted by atomic mass is 14.4. The minimum absolute atomic E-state index is 1.02. The van der Waals surface area contributed by atoms with Crippen LogP contribution in [-0.4, -0.2) is 0 Å². The molecule has 2 aliphatic carbocycles. The van der Waals surface area contributed by atoms with Gasteiger partial charge < -0.3 is 0 Å². The van der Waals surface area contributed by atoms with Crippen molar-refractivity contribution < 1.29 is 0 Å². The van der Waals surface area contributed by atoms with Crippen LogP contribution in [0.15, 0.2) is 0 Å². The molecule has 0 aliphatic heterocycles. The molecule has 14 heavy (non-hydrogen) atoms. The summed E-state index contributed by atoms with van der Waals surface area (Å²) in [5, 5.41) is 0. The van der Waals surface area contributed by atoms with Gasteiger partial charge in [-0.1, -0.05) is 46.0 Å². The quantitative estimate of drug-likeness (QED) is 0.601. The molecule has 2 rings (SSSR count). The first-order chi connectivity index (χ1) is 6.81. The minimum Gasteiger partial charge on any atom is -0.0654 e. The molecule has 0 aromatic rings. The molecule has 0 aromatic heterocycles. The second-order valence-corrected chi connectivity index (χ2v) is 5.83. The lowest BCUT2D eigenvalue weighted by Crippen LogP contribution is -2.34. The van der Waals surface area contributed by atoms with Crippen molar-refractivity contribution in [2.45, 2.75) is 65.2 Å². The highest BCUT2D eigenvalue weighted by Crippen LogP contribution is 2.47. The van der Waals surface area contributed by atoms with Crippen LogP contribution in [0.25, 0.3) is 0 Å². The van der Waals surface area contributed by atoms with Crippen molar-refractivity contribution in [2.24, 2.45) is 23.7 Å². The summed E-state index contributed by atoms with van der Waals surface area (Å²) in [4.78, 5) is 0. The van der Waals surface area contributed by atoms with Crippen LogP contribution < -0.4 is 0 Å². The Kier molecular flexibility index (Phi) is 3.52. The zero-order chi connectivity index (χ0) is 9.97. The zero-order valence-electron chi connectivity index (χ0n) is 9.97. The van der Waals surface area contributed by atoms with Gasteiger partial charge in [0.1, 0.15) is 0 Å². The third kappa shape index (κ3) is 2.15. The van der Waals surface area contributed by atoms with Crippen molar-refractivity contribution in [3.05, 3.63) is 0 Å². The van der Waals surface area contributed by atoms with E-state index in [1.54, 1.807) is 19.3 Å². The lowest BCUT2D eigenvalue weighted by Gasteiger charge is -2.44. The van der Waals surface area contributed by atoms with E-state index in [9.17, 15) is 0 Å². The number of hydrogen-bond acceptors (Lipinski definition) is 0. The molecular weight excluding hydrogens is 168 g/mol. The van der Waals surface area contributed by atoms with Crippen molar-refractivity contribution in [2.75, 3.05) is 0 Å². The van der Waals surface area contributed by atoms with Crippen molar-refractivity contribution in [3.8, 4) is 0 Å². The molecule has 2 aliphatic rings. The van der Waals surface area contributed by atoms with Gasteiger partial charge in [-0.2, -0.15) is 0 Å². The maximum Gasteiger partial charge on any atom is -0.0357 e. The lowest BCUT2D eigenvalue weighted by atomic mass is 9.62. The third-order valence-corrected chi connectivity index (χ3v) is 4.64. The van der Waals surface area contributed by atoms with E-state index < -0.39 is 0 Å². The van der Waals surface area contributed by atoms with Crippen molar-refractivity contribution in [1.82, 2.24) is 0 Å². The average molecular weight is 194 g/mol. The molecule has 0 N–H and O–H groups in total. The molecule has 0 bridgehead atoms. The summed E-state index contributed by atoms with van der Waals surface area (Å²) in [5.74, 6) is 4.35. The second-order valence-electron chi connectivity index (χ2n) is 5.83. The van der Waals surface area contributed by atoms with Gasteiger partial charge in [0, 0.05) is 0 Å². The van der Waals surface area contributed by atoms with Crippen LogP contribution in [0.5, 0.6) is 0 Å². The Morgan fingerprint density at radius 1 is 1.07 bits per heavy atom. The maximum absolute atomic E-state index is 2.48. The summed E-state index contributed by atoms with van der Waals surface area (Å²) >= 11 is 0. The maximum atomic E-state index is 2.48. The summed E-state index contributed by atoms with van der Waals surface area (Å²) in [5.41, 5.74) is 0. The molecule has 0 spiro atoms. The van der Waals surface area contributed by atoms with Crippen molar-refractivity contribution >= 4 is 0 Å². The van der Waals surface area contributed by atoms with E-state index in [0.717, 1.165) is 23.7 Å². The molecule has 0 amide bonds. The molecular formula is C14H26. The number of hydrogen-bond donors (Lipinski definition) is 0. The number of rotatable bonds is 2. The van der Waals surface area contributed by atoms with Crippen LogP contribution >= 0.6 is 0 Å². The first kappa shape index (κ1) is 10.5. The van der Waals surface area contributed by atoms with Crippen LogP contribution in [0.4, 0.5) is 0 Å². The molecule has 0 heterocycles. The average Bonchev–Trinajstić information content (AvgIpc) is 2.18. The zero-order valence-corrected chi connectivity index (χ0v) is 9.97. The fourth-order valence-corrected chi connectivity index (χ4v) is 4.16. The summed E-state index contributed by atoms with van der Waals surface area (Å²) in [6.07, 6.45) is 12.1. The van der Waals surface area contributed by atoms with E-state index in [0.29, 0.717) is 0 Å². The predicted octanol–water partition coefficient (Wildman–Crippen LogP) is 4.64. The molecule has 0 radical (unpaired) electrons. The second kappa shape index (κ2) is 4.68. The molecule has 0 nitrogen and oxygen atoms in total. The molecule has 0 heteroatoms. The summed E-state index contributed by atoms with van der Waals surface area (Å²) in [7, 11) is 0. The van der Waals surface area contributed by atoms with Gasteiger partial charge in [0.05, 0.1) is 0 Å². The summed E-state index contributed by atoms with van der Waals surface area (Å²) < 4.78 is 0. The van der Waals surface area contributed by atoms with Gasteiger partial charge in [0.25, 0.3) is 0 Å². The Labute approximate surface area is 89.5 Å². The van der Waals surface area contributed by atoms with E-state index >= 15 is 0 Å². The lowest BCUT2D eigenvalue weighted by molar-refractivity contribution is 0.0673. The molecule has 2 fully saturated rings. The van der Waals surface area contributed by atoms with Gasteiger partial charge in [-0.3, -0.25) is 0 Å². The third-order valence-electron chi connectivity index (χ3n) is 4.64. The van der Waals surface area contributed by atoms with Gasteiger partial charge >= 0.3 is 0 Å². The molecule has 0 saturated heterocycles. The van der Waals surface area contributed by atoms with E-state index in [1.165, 1.54) is 32.1 Å². The Balaban J connectivity index is 1.99. The van der Waals surface area contributed by atoms with E-state index in [-0.39, 0.29) is 0 Å². The minimum atomic E-state index is 1.02. The predicted molar refractivity (Wildman–Crippen MR) is 62.2 cm³/mol. The van der Waals surface area contributed by atoms with E-state index in [1.807, 2.05) is 0 Å². The largest absolute Gasteiger partial charge is 0.0654 e. The molecule has 2 saturated carbocycles. The van der Waals surface area contributed by atoms with E-state index in [2.05, 4.69) is 13.8 Å². The van der Waals surface area contributed by atoms with Gasteiger partial charge in [0.15, 0.2) is 0 Å². The van der Waals surface area contributed by atoms with Gasteiger partial charge in [-0.15, -0.1) is 0 Å². The van der Waals surface area contributed by atoms with Crippen LogP contribution in [0.3, 0.4) is 0 Å². The normalized spacial score (nSPS) is 43.3. The molecule has 82 valence electrons. The van der Waals surface area contributed by atoms with Gasteiger partial charge in [-0.25, -0.2) is 0 Å². The van der Waals surface area contributed by atoms with Crippen molar-refractivity contribution in [1.29, 1.82) is 0 Å².